The van der Waals surface area contributed by atoms with Crippen molar-refractivity contribution < 1.29 is 0 Å². The van der Waals surface area contributed by atoms with E-state index < -0.39 is 0 Å². The van der Waals surface area contributed by atoms with Gasteiger partial charge < -0.3 is 10.6 Å². The van der Waals surface area contributed by atoms with Crippen LogP contribution >= 0.6 is 11.3 Å². The van der Waals surface area contributed by atoms with Gasteiger partial charge in [0.05, 0.1) is 6.54 Å². The first kappa shape index (κ1) is 16.2. The molecule has 0 amide bonds. The quantitative estimate of drug-likeness (QED) is 0.806. The maximum Gasteiger partial charge on any atom is 0.0555 e. The summed E-state index contributed by atoms with van der Waals surface area (Å²) < 4.78 is 0. The van der Waals surface area contributed by atoms with Crippen molar-refractivity contribution in [2.24, 2.45) is 5.73 Å². The minimum absolute atomic E-state index is 0.420. The maximum atomic E-state index is 5.44. The van der Waals surface area contributed by atoms with E-state index in [-0.39, 0.29) is 0 Å². The third-order valence-electron chi connectivity index (χ3n) is 3.08. The Hall–Kier alpha value is -0.860. The largest absolute Gasteiger partial charge is 0.320 e. The molecule has 0 aliphatic rings. The van der Waals surface area contributed by atoms with Crippen molar-refractivity contribution in [1.29, 1.82) is 0 Å². The van der Waals surface area contributed by atoms with Crippen LogP contribution in [0, 0.1) is 11.8 Å². The van der Waals surface area contributed by atoms with Crippen molar-refractivity contribution in [3.8, 4) is 11.8 Å². The third kappa shape index (κ3) is 5.33. The van der Waals surface area contributed by atoms with E-state index in [0.717, 1.165) is 25.2 Å². The van der Waals surface area contributed by atoms with Crippen LogP contribution in [0.5, 0.6) is 0 Å². The Kier molecular flexibility index (Phi) is 7.11. The van der Waals surface area contributed by atoms with E-state index in [4.69, 9.17) is 5.73 Å². The van der Waals surface area contributed by atoms with E-state index in [1.807, 2.05) is 0 Å². The topological polar surface area (TPSA) is 32.5 Å². The van der Waals surface area contributed by atoms with Crippen LogP contribution in [0.1, 0.15) is 24.3 Å². The van der Waals surface area contributed by atoms with Gasteiger partial charge in [-0.2, -0.15) is 0 Å². The predicted molar refractivity (Wildman–Crippen MR) is 84.4 cm³/mol. The third-order valence-corrected chi connectivity index (χ3v) is 3.98. The van der Waals surface area contributed by atoms with E-state index in [1.54, 1.807) is 11.3 Å². The fourth-order valence-corrected chi connectivity index (χ4v) is 2.98. The van der Waals surface area contributed by atoms with E-state index in [0.29, 0.717) is 12.6 Å². The maximum absolute atomic E-state index is 5.44. The number of nitrogens with two attached hydrogens (primary N) is 1. The molecule has 1 unspecified atom stereocenters. The summed E-state index contributed by atoms with van der Waals surface area (Å²) in [5.41, 5.74) is 6.57. The van der Waals surface area contributed by atoms with Gasteiger partial charge in [-0.15, -0.1) is 11.3 Å². The van der Waals surface area contributed by atoms with Crippen molar-refractivity contribution in [2.45, 2.75) is 26.4 Å². The van der Waals surface area contributed by atoms with Gasteiger partial charge in [0.2, 0.25) is 0 Å². The Morgan fingerprint density at radius 1 is 1.42 bits per heavy atom. The number of hydrogen-bond donors (Lipinski definition) is 1. The molecule has 0 saturated heterocycles. The predicted octanol–water partition coefficient (Wildman–Crippen LogP) is 1.83. The van der Waals surface area contributed by atoms with Crippen LogP contribution in [0.4, 0.5) is 0 Å². The molecule has 0 saturated carbocycles. The summed E-state index contributed by atoms with van der Waals surface area (Å²) in [6, 6.07) is 2.63. The summed E-state index contributed by atoms with van der Waals surface area (Å²) in [4.78, 5) is 6.06. The van der Waals surface area contributed by atoms with Crippen LogP contribution in [0.2, 0.25) is 0 Å². The van der Waals surface area contributed by atoms with Crippen molar-refractivity contribution in [2.75, 3.05) is 33.7 Å². The lowest BCUT2D eigenvalue weighted by atomic mass is 10.2. The molecular formula is C15H25N3S. The first-order valence-corrected chi connectivity index (χ1v) is 7.60. The summed E-state index contributed by atoms with van der Waals surface area (Å²) in [5, 5.41) is 2.11. The monoisotopic (exact) mass is 279 g/mol. The zero-order valence-corrected chi connectivity index (χ0v) is 13.3. The second-order valence-corrected chi connectivity index (χ2v) is 5.94. The first-order chi connectivity index (χ1) is 9.08. The van der Waals surface area contributed by atoms with E-state index >= 15 is 0 Å². The zero-order valence-electron chi connectivity index (χ0n) is 12.4. The molecule has 19 heavy (non-hydrogen) atoms. The molecule has 1 heterocycles. The smallest absolute Gasteiger partial charge is 0.0555 e. The minimum atomic E-state index is 0.420. The highest BCUT2D eigenvalue weighted by Gasteiger charge is 2.15. The molecular weight excluding hydrogens is 254 g/mol. The molecule has 3 nitrogen and oxygen atoms in total. The molecule has 0 aromatic carbocycles. The summed E-state index contributed by atoms with van der Waals surface area (Å²) in [6.45, 7) is 8.01. The van der Waals surface area contributed by atoms with Crippen molar-refractivity contribution in [3.05, 3.63) is 21.9 Å². The van der Waals surface area contributed by atoms with Gasteiger partial charge in [0, 0.05) is 29.6 Å². The molecule has 0 spiro atoms. The average molecular weight is 279 g/mol. The second kappa shape index (κ2) is 8.34. The van der Waals surface area contributed by atoms with Crippen LogP contribution in [0.15, 0.2) is 11.4 Å². The normalized spacial score (nSPS) is 12.6. The Morgan fingerprint density at radius 3 is 2.74 bits per heavy atom. The van der Waals surface area contributed by atoms with Gasteiger partial charge in [0.1, 0.15) is 0 Å². The van der Waals surface area contributed by atoms with Gasteiger partial charge in [-0.3, -0.25) is 4.90 Å². The van der Waals surface area contributed by atoms with Gasteiger partial charge in [-0.1, -0.05) is 18.8 Å². The summed E-state index contributed by atoms with van der Waals surface area (Å²) in [5.74, 6) is 6.10. The highest BCUT2D eigenvalue weighted by molar-refractivity contribution is 7.10. The molecule has 0 bridgehead atoms. The van der Waals surface area contributed by atoms with Gasteiger partial charge >= 0.3 is 0 Å². The minimum Gasteiger partial charge on any atom is -0.320 e. The SMILES string of the molecule is CCN(Cc1sccc1C#CCN)C(C)CN(C)C. The zero-order chi connectivity index (χ0) is 14.3. The van der Waals surface area contributed by atoms with E-state index in [9.17, 15) is 0 Å². The number of hydrogen-bond acceptors (Lipinski definition) is 4. The highest BCUT2D eigenvalue weighted by atomic mass is 32.1. The van der Waals surface area contributed by atoms with E-state index in [2.05, 4.69) is 61.0 Å². The molecule has 4 heteroatoms. The van der Waals surface area contributed by atoms with Crippen LogP contribution < -0.4 is 5.73 Å². The lowest BCUT2D eigenvalue weighted by Crippen LogP contribution is -2.39. The summed E-state index contributed by atoms with van der Waals surface area (Å²) >= 11 is 1.78. The number of nitrogens with zero attached hydrogens (tertiary/aromatic N) is 2. The Balaban J connectivity index is 2.73. The summed E-state index contributed by atoms with van der Waals surface area (Å²) in [7, 11) is 4.24. The molecule has 0 radical (unpaired) electrons. The molecule has 0 aliphatic heterocycles. The van der Waals surface area contributed by atoms with Gasteiger partial charge in [0.25, 0.3) is 0 Å². The molecule has 0 fully saturated rings. The lowest BCUT2D eigenvalue weighted by molar-refractivity contribution is 0.175. The molecule has 1 rings (SSSR count). The number of thiophene rings is 1. The lowest BCUT2D eigenvalue weighted by Gasteiger charge is -2.29. The number of rotatable bonds is 6. The first-order valence-electron chi connectivity index (χ1n) is 6.72. The van der Waals surface area contributed by atoms with Gasteiger partial charge in [-0.05, 0) is 39.0 Å². The Morgan fingerprint density at radius 2 is 2.16 bits per heavy atom. The fraction of sp³-hybridized carbons (Fsp3) is 0.600. The van der Waals surface area contributed by atoms with Crippen LogP contribution in [-0.4, -0.2) is 49.6 Å². The average Bonchev–Trinajstić information content (AvgIpc) is 2.79. The molecule has 1 atom stereocenters. The summed E-state index contributed by atoms with van der Waals surface area (Å²) in [6.07, 6.45) is 0. The van der Waals surface area contributed by atoms with Crippen molar-refractivity contribution in [1.82, 2.24) is 9.80 Å². The molecule has 0 aliphatic carbocycles. The fourth-order valence-electron chi connectivity index (χ4n) is 2.13. The molecule has 1 aromatic rings. The standard InChI is InChI=1S/C15H25N3S/c1-5-18(13(2)11-17(3)4)12-15-14(7-6-9-16)8-10-19-15/h8,10,13H,5,9,11-12,16H2,1-4H3. The Labute approximate surface area is 121 Å². The van der Waals surface area contributed by atoms with Crippen molar-refractivity contribution in [3.63, 3.8) is 0 Å². The van der Waals surface area contributed by atoms with E-state index in [1.165, 1.54) is 4.88 Å². The molecule has 106 valence electrons. The van der Waals surface area contributed by atoms with Crippen LogP contribution in [0.3, 0.4) is 0 Å². The number of likely N-dealkylation sites (N-methyl/N-ethyl adjacent to an activating group) is 2. The second-order valence-electron chi connectivity index (χ2n) is 4.94. The van der Waals surface area contributed by atoms with Crippen LogP contribution in [0.25, 0.3) is 0 Å². The van der Waals surface area contributed by atoms with Gasteiger partial charge in [-0.25, -0.2) is 0 Å². The van der Waals surface area contributed by atoms with Gasteiger partial charge in [0.15, 0.2) is 0 Å². The highest BCUT2D eigenvalue weighted by Crippen LogP contribution is 2.19. The van der Waals surface area contributed by atoms with Crippen LogP contribution in [-0.2, 0) is 6.54 Å². The Bertz CT molecular complexity index is 428. The molecule has 1 aromatic heterocycles. The molecule has 2 N–H and O–H groups in total. The van der Waals surface area contributed by atoms with Crippen molar-refractivity contribution >= 4 is 11.3 Å².